The third-order valence-corrected chi connectivity index (χ3v) is 7.74. The molecule has 186 valence electrons. The van der Waals surface area contributed by atoms with Gasteiger partial charge in [0, 0.05) is 12.5 Å². The summed E-state index contributed by atoms with van der Waals surface area (Å²) in [5.74, 6) is 2.39. The van der Waals surface area contributed by atoms with Gasteiger partial charge in [0.05, 0.1) is 12.9 Å². The number of thioether (sulfide) groups is 1. The monoisotopic (exact) mass is 514 g/mol. The van der Waals surface area contributed by atoms with Gasteiger partial charge in [-0.25, -0.2) is 0 Å². The molecule has 1 amide bonds. The van der Waals surface area contributed by atoms with E-state index in [1.54, 1.807) is 13.2 Å². The fraction of sp³-hybridized carbons (Fsp3) is 0.458. The molecule has 1 fully saturated rings. The predicted octanol–water partition coefficient (Wildman–Crippen LogP) is 5.24. The number of anilines is 1. The van der Waals surface area contributed by atoms with Crippen LogP contribution in [0.5, 0.6) is 11.5 Å². The van der Waals surface area contributed by atoms with Crippen molar-refractivity contribution < 1.29 is 14.3 Å². The minimum atomic E-state index is -0.387. The molecule has 1 N–H and O–H groups in total. The van der Waals surface area contributed by atoms with Gasteiger partial charge < -0.3 is 9.47 Å². The summed E-state index contributed by atoms with van der Waals surface area (Å²) in [5.41, 5.74) is 0. The van der Waals surface area contributed by atoms with E-state index in [1.165, 1.54) is 42.4 Å². The molecule has 0 saturated heterocycles. The summed E-state index contributed by atoms with van der Waals surface area (Å²) in [5, 5.41) is 22.1. The van der Waals surface area contributed by atoms with E-state index in [9.17, 15) is 4.79 Å². The summed E-state index contributed by atoms with van der Waals surface area (Å²) in [6.07, 6.45) is 7.44. The first-order valence-corrected chi connectivity index (χ1v) is 13.5. The number of rotatable bonds is 11. The number of allylic oxidation sites excluding steroid dienone is 1. The first kappa shape index (κ1) is 25.2. The molecule has 2 aromatic heterocycles. The first-order valence-electron chi connectivity index (χ1n) is 11.7. The molecule has 0 radical (unpaired) electrons. The second kappa shape index (κ2) is 12.2. The maximum absolute atomic E-state index is 12.6. The van der Waals surface area contributed by atoms with Crippen LogP contribution in [0.25, 0.3) is 0 Å². The summed E-state index contributed by atoms with van der Waals surface area (Å²) in [7, 11) is 1.60. The molecule has 3 aromatic rings. The highest BCUT2D eigenvalue weighted by Crippen LogP contribution is 2.35. The molecule has 0 aliphatic heterocycles. The van der Waals surface area contributed by atoms with Gasteiger partial charge in [0.1, 0.15) is 5.01 Å². The van der Waals surface area contributed by atoms with Crippen LogP contribution in [0.3, 0.4) is 0 Å². The molecule has 1 unspecified atom stereocenters. The zero-order valence-electron chi connectivity index (χ0n) is 20.0. The third kappa shape index (κ3) is 6.40. The largest absolute Gasteiger partial charge is 0.493 e. The Kier molecular flexibility index (Phi) is 8.75. The lowest BCUT2D eigenvalue weighted by atomic mass is 9.90. The van der Waals surface area contributed by atoms with E-state index >= 15 is 0 Å². The topological polar surface area (TPSA) is 104 Å². The summed E-state index contributed by atoms with van der Waals surface area (Å²) in [4.78, 5) is 12.6. The normalized spacial score (nSPS) is 14.9. The number of nitrogens with one attached hydrogen (secondary N) is 1. The molecular formula is C24H30N6O3S2. The van der Waals surface area contributed by atoms with Crippen LogP contribution in [0.2, 0.25) is 0 Å². The molecule has 11 heteroatoms. The van der Waals surface area contributed by atoms with E-state index in [-0.39, 0.29) is 17.8 Å². The fourth-order valence-electron chi connectivity index (χ4n) is 4.05. The molecule has 0 spiro atoms. The number of carbonyl (C=O) groups excluding carboxylic acids is 1. The van der Waals surface area contributed by atoms with Crippen LogP contribution in [-0.2, 0) is 11.3 Å². The van der Waals surface area contributed by atoms with E-state index in [1.807, 2.05) is 35.8 Å². The Morgan fingerprint density at radius 1 is 1.23 bits per heavy atom. The van der Waals surface area contributed by atoms with Crippen molar-refractivity contribution in [2.75, 3.05) is 18.2 Å². The highest BCUT2D eigenvalue weighted by Gasteiger charge is 2.22. The van der Waals surface area contributed by atoms with Crippen LogP contribution in [0.4, 0.5) is 5.13 Å². The molecule has 1 saturated carbocycles. The van der Waals surface area contributed by atoms with Crippen molar-refractivity contribution in [2.45, 2.75) is 62.8 Å². The standard InChI is InChI=1S/C24H30N6O3S2/c1-4-14-30-21(16(2)33-19-13-9-8-12-18(19)32-3)26-29-24(30)34-15-20(31)25-23-28-27-22(35-23)17-10-6-5-7-11-17/h4,8-9,12-13,16-17H,1,5-7,10-11,14-15H2,2-3H3,(H,25,28,31). The number of methoxy groups -OCH3 is 1. The van der Waals surface area contributed by atoms with Gasteiger partial charge in [-0.15, -0.1) is 27.0 Å². The molecule has 1 atom stereocenters. The van der Waals surface area contributed by atoms with Crippen LogP contribution >= 0.6 is 23.1 Å². The molecule has 4 rings (SSSR count). The summed E-state index contributed by atoms with van der Waals surface area (Å²) in [6, 6.07) is 7.45. The van der Waals surface area contributed by atoms with E-state index in [0.717, 1.165) is 17.8 Å². The van der Waals surface area contributed by atoms with E-state index in [2.05, 4.69) is 32.3 Å². The van der Waals surface area contributed by atoms with Crippen molar-refractivity contribution in [2.24, 2.45) is 0 Å². The van der Waals surface area contributed by atoms with E-state index in [0.29, 0.717) is 40.1 Å². The minimum absolute atomic E-state index is 0.158. The van der Waals surface area contributed by atoms with Crippen molar-refractivity contribution in [3.8, 4) is 11.5 Å². The first-order chi connectivity index (χ1) is 17.1. The number of hydrogen-bond acceptors (Lipinski definition) is 9. The number of benzene rings is 1. The van der Waals surface area contributed by atoms with Crippen molar-refractivity contribution in [1.29, 1.82) is 0 Å². The second-order valence-electron chi connectivity index (χ2n) is 8.27. The molecule has 1 aliphatic rings. The number of aromatic nitrogens is 5. The summed E-state index contributed by atoms with van der Waals surface area (Å²) in [6.45, 7) is 6.23. The number of para-hydroxylation sites is 2. The van der Waals surface area contributed by atoms with Crippen LogP contribution in [0.1, 0.15) is 61.9 Å². The number of amides is 1. The molecule has 1 aromatic carbocycles. The zero-order valence-corrected chi connectivity index (χ0v) is 21.6. The van der Waals surface area contributed by atoms with Gasteiger partial charge in [-0.2, -0.15) is 0 Å². The summed E-state index contributed by atoms with van der Waals surface area (Å²) < 4.78 is 13.4. The van der Waals surface area contributed by atoms with Crippen molar-refractivity contribution in [3.63, 3.8) is 0 Å². The fourth-order valence-corrected chi connectivity index (χ4v) is 5.74. The Hall–Kier alpha value is -2.92. The summed E-state index contributed by atoms with van der Waals surface area (Å²) >= 11 is 2.78. The Morgan fingerprint density at radius 3 is 2.74 bits per heavy atom. The number of hydrogen-bond donors (Lipinski definition) is 1. The second-order valence-corrected chi connectivity index (χ2v) is 10.2. The van der Waals surface area contributed by atoms with Crippen molar-refractivity contribution in [3.05, 3.63) is 47.8 Å². The quantitative estimate of drug-likeness (QED) is 0.274. The molecule has 2 heterocycles. The number of nitrogens with zero attached hydrogens (tertiary/aromatic N) is 5. The SMILES string of the molecule is C=CCn1c(SCC(=O)Nc2nnc(C3CCCCC3)s2)nnc1C(C)Oc1ccccc1OC. The highest BCUT2D eigenvalue weighted by molar-refractivity contribution is 7.99. The molecule has 9 nitrogen and oxygen atoms in total. The van der Waals surface area contributed by atoms with Gasteiger partial charge in [-0.05, 0) is 31.9 Å². The van der Waals surface area contributed by atoms with Gasteiger partial charge in [0.25, 0.3) is 0 Å². The van der Waals surface area contributed by atoms with Gasteiger partial charge in [-0.3, -0.25) is 14.7 Å². The maximum Gasteiger partial charge on any atom is 0.236 e. The zero-order chi connectivity index (χ0) is 24.6. The Bertz CT molecular complexity index is 1140. The molecule has 0 bridgehead atoms. The smallest absolute Gasteiger partial charge is 0.236 e. The van der Waals surface area contributed by atoms with E-state index in [4.69, 9.17) is 9.47 Å². The average molecular weight is 515 g/mol. The van der Waals surface area contributed by atoms with Crippen LogP contribution in [-0.4, -0.2) is 43.7 Å². The highest BCUT2D eigenvalue weighted by atomic mass is 32.2. The van der Waals surface area contributed by atoms with Gasteiger partial charge in [0.15, 0.2) is 28.6 Å². The van der Waals surface area contributed by atoms with Crippen molar-refractivity contribution in [1.82, 2.24) is 25.0 Å². The Balaban J connectivity index is 1.37. The Labute approximate surface area is 213 Å². The van der Waals surface area contributed by atoms with Gasteiger partial charge >= 0.3 is 0 Å². The lowest BCUT2D eigenvalue weighted by Crippen LogP contribution is -2.15. The van der Waals surface area contributed by atoms with Gasteiger partial charge in [-0.1, -0.05) is 60.6 Å². The lowest BCUT2D eigenvalue weighted by Gasteiger charge is -2.18. The van der Waals surface area contributed by atoms with Crippen LogP contribution in [0.15, 0.2) is 42.1 Å². The Morgan fingerprint density at radius 2 is 2.00 bits per heavy atom. The van der Waals surface area contributed by atoms with Crippen molar-refractivity contribution >= 4 is 34.1 Å². The molecule has 35 heavy (non-hydrogen) atoms. The lowest BCUT2D eigenvalue weighted by molar-refractivity contribution is -0.113. The minimum Gasteiger partial charge on any atom is -0.493 e. The van der Waals surface area contributed by atoms with E-state index < -0.39 is 0 Å². The predicted molar refractivity (Wildman–Crippen MR) is 137 cm³/mol. The number of carbonyl (C=O) groups is 1. The van der Waals surface area contributed by atoms with Crippen LogP contribution in [0, 0.1) is 0 Å². The molecular weight excluding hydrogens is 484 g/mol. The number of ether oxygens (including phenoxy) is 2. The average Bonchev–Trinajstić information content (AvgIpc) is 3.51. The molecule has 1 aliphatic carbocycles. The maximum atomic E-state index is 12.6. The van der Waals surface area contributed by atoms with Crippen LogP contribution < -0.4 is 14.8 Å². The third-order valence-electron chi connectivity index (χ3n) is 5.77. The van der Waals surface area contributed by atoms with Gasteiger partial charge in [0.2, 0.25) is 11.0 Å².